The largest absolute Gasteiger partial charge is 0.477 e. The molecule has 1 aromatic heterocycles. The zero-order valence-corrected chi connectivity index (χ0v) is 11.6. The van der Waals surface area contributed by atoms with Gasteiger partial charge in [-0.05, 0) is 23.9 Å². The van der Waals surface area contributed by atoms with E-state index in [1.807, 2.05) is 0 Å². The molecule has 0 saturated heterocycles. The van der Waals surface area contributed by atoms with Gasteiger partial charge in [-0.2, -0.15) is 0 Å². The average molecular weight is 273 g/mol. The van der Waals surface area contributed by atoms with Crippen LogP contribution in [0.5, 0.6) is 0 Å². The van der Waals surface area contributed by atoms with E-state index in [-0.39, 0.29) is 11.3 Å². The topological polar surface area (TPSA) is 59.3 Å². The van der Waals surface area contributed by atoms with Gasteiger partial charge in [-0.3, -0.25) is 4.79 Å². The van der Waals surface area contributed by atoms with Gasteiger partial charge in [0, 0.05) is 11.9 Å². The van der Waals surface area contributed by atoms with Crippen LogP contribution in [0.3, 0.4) is 0 Å². The molecule has 0 radical (unpaired) electrons. The van der Waals surface area contributed by atoms with Crippen LogP contribution in [0.2, 0.25) is 0 Å². The first kappa shape index (κ1) is 14.3. The first-order valence-electron chi connectivity index (χ1n) is 7.01. The van der Waals surface area contributed by atoms with Gasteiger partial charge in [-0.15, -0.1) is 0 Å². The van der Waals surface area contributed by atoms with Crippen molar-refractivity contribution in [2.24, 2.45) is 0 Å². The van der Waals surface area contributed by atoms with Gasteiger partial charge in [-0.25, -0.2) is 4.79 Å². The summed E-state index contributed by atoms with van der Waals surface area (Å²) in [7, 11) is 0. The molecule has 1 aromatic carbocycles. The maximum Gasteiger partial charge on any atom is 0.352 e. The average Bonchev–Trinajstić information content (AvgIpc) is 2.45. The van der Waals surface area contributed by atoms with Crippen LogP contribution in [0.4, 0.5) is 0 Å². The number of carboxylic acid groups (broad SMARTS) is 1. The van der Waals surface area contributed by atoms with Crippen molar-refractivity contribution in [3.05, 3.63) is 46.4 Å². The van der Waals surface area contributed by atoms with Crippen molar-refractivity contribution in [2.45, 2.75) is 39.2 Å². The molecule has 0 aliphatic heterocycles. The normalized spacial score (nSPS) is 10.8. The first-order chi connectivity index (χ1) is 9.65. The van der Waals surface area contributed by atoms with E-state index >= 15 is 0 Å². The highest BCUT2D eigenvalue weighted by Gasteiger charge is 2.13. The van der Waals surface area contributed by atoms with Gasteiger partial charge in [0.15, 0.2) is 0 Å². The molecule has 4 nitrogen and oxygen atoms in total. The zero-order valence-electron chi connectivity index (χ0n) is 11.6. The number of aromatic nitrogens is 1. The number of unbranched alkanes of at least 4 members (excludes halogenated alkanes) is 3. The van der Waals surface area contributed by atoms with Crippen molar-refractivity contribution in [2.75, 3.05) is 0 Å². The predicted octanol–water partition coefficient (Wildman–Crippen LogP) is 3.28. The van der Waals surface area contributed by atoms with Gasteiger partial charge in [0.1, 0.15) is 5.69 Å². The quantitative estimate of drug-likeness (QED) is 0.822. The Labute approximate surface area is 117 Å². The molecule has 1 heterocycles. The number of fused-ring (bicyclic) bond motifs is 1. The van der Waals surface area contributed by atoms with Gasteiger partial charge < -0.3 is 9.67 Å². The van der Waals surface area contributed by atoms with Crippen LogP contribution in [-0.2, 0) is 6.54 Å². The van der Waals surface area contributed by atoms with Crippen LogP contribution in [0.25, 0.3) is 10.8 Å². The van der Waals surface area contributed by atoms with E-state index in [1.165, 1.54) is 4.57 Å². The summed E-state index contributed by atoms with van der Waals surface area (Å²) < 4.78 is 1.39. The Hall–Kier alpha value is -2.10. The number of pyridine rings is 1. The number of hydrogen-bond acceptors (Lipinski definition) is 2. The molecule has 2 rings (SSSR count). The van der Waals surface area contributed by atoms with Crippen molar-refractivity contribution in [1.82, 2.24) is 4.57 Å². The second-order valence-electron chi connectivity index (χ2n) is 4.94. The lowest BCUT2D eigenvalue weighted by Crippen LogP contribution is -2.26. The lowest BCUT2D eigenvalue weighted by molar-refractivity contribution is 0.0683. The Balaban J connectivity index is 2.44. The molecule has 106 valence electrons. The van der Waals surface area contributed by atoms with E-state index in [0.717, 1.165) is 25.7 Å². The molecule has 0 aliphatic rings. The molecule has 0 bridgehead atoms. The Morgan fingerprint density at radius 1 is 1.20 bits per heavy atom. The lowest BCUT2D eigenvalue weighted by Gasteiger charge is -2.11. The third-order valence-corrected chi connectivity index (χ3v) is 3.47. The summed E-state index contributed by atoms with van der Waals surface area (Å²) in [6, 6.07) is 8.69. The number of carbonyl (C=O) groups is 1. The molecule has 2 aromatic rings. The number of aromatic carboxylic acids is 1. The highest BCUT2D eigenvalue weighted by Crippen LogP contribution is 2.13. The molecular weight excluding hydrogens is 254 g/mol. The van der Waals surface area contributed by atoms with Crippen LogP contribution in [0.15, 0.2) is 35.1 Å². The Morgan fingerprint density at radius 2 is 1.95 bits per heavy atom. The summed E-state index contributed by atoms with van der Waals surface area (Å²) in [5.74, 6) is -1.05. The molecule has 0 amide bonds. The smallest absolute Gasteiger partial charge is 0.352 e. The first-order valence-corrected chi connectivity index (χ1v) is 7.01. The Bertz CT molecular complexity index is 673. The van der Waals surface area contributed by atoms with Crippen LogP contribution in [-0.4, -0.2) is 15.6 Å². The lowest BCUT2D eigenvalue weighted by atomic mass is 10.1. The second kappa shape index (κ2) is 6.37. The third kappa shape index (κ3) is 2.90. The molecule has 4 heteroatoms. The third-order valence-electron chi connectivity index (χ3n) is 3.47. The van der Waals surface area contributed by atoms with E-state index in [9.17, 15) is 14.7 Å². The van der Waals surface area contributed by atoms with Crippen LogP contribution in [0, 0.1) is 0 Å². The van der Waals surface area contributed by atoms with Crippen molar-refractivity contribution >= 4 is 16.7 Å². The van der Waals surface area contributed by atoms with Gasteiger partial charge in [-0.1, -0.05) is 44.4 Å². The van der Waals surface area contributed by atoms with Crippen molar-refractivity contribution < 1.29 is 9.90 Å². The molecule has 0 fully saturated rings. The highest BCUT2D eigenvalue weighted by molar-refractivity contribution is 5.92. The molecule has 20 heavy (non-hydrogen) atoms. The molecule has 1 N–H and O–H groups in total. The van der Waals surface area contributed by atoms with Crippen LogP contribution < -0.4 is 5.56 Å². The number of hydrogen-bond donors (Lipinski definition) is 1. The number of benzene rings is 1. The molecule has 0 aliphatic carbocycles. The minimum atomic E-state index is -1.05. The van der Waals surface area contributed by atoms with Gasteiger partial charge >= 0.3 is 5.97 Å². The number of rotatable bonds is 6. The standard InChI is InChI=1S/C16H19NO3/c1-2-3-4-7-10-17-14(16(19)20)11-12-8-5-6-9-13(12)15(17)18/h5-6,8-9,11H,2-4,7,10H2,1H3,(H,19,20). The summed E-state index contributed by atoms with van der Waals surface area (Å²) in [4.78, 5) is 23.8. The van der Waals surface area contributed by atoms with Crippen molar-refractivity contribution in [3.63, 3.8) is 0 Å². The molecule has 0 spiro atoms. The van der Waals surface area contributed by atoms with Crippen LogP contribution >= 0.6 is 0 Å². The fraction of sp³-hybridized carbons (Fsp3) is 0.375. The molecule has 0 saturated carbocycles. The van der Waals surface area contributed by atoms with E-state index in [4.69, 9.17) is 0 Å². The van der Waals surface area contributed by atoms with Gasteiger partial charge in [0.2, 0.25) is 0 Å². The number of carboxylic acids is 1. The maximum atomic E-state index is 12.4. The summed E-state index contributed by atoms with van der Waals surface area (Å²) >= 11 is 0. The van der Waals surface area contributed by atoms with Crippen molar-refractivity contribution in [3.8, 4) is 0 Å². The summed E-state index contributed by atoms with van der Waals surface area (Å²) in [6.07, 6.45) is 4.05. The van der Waals surface area contributed by atoms with E-state index < -0.39 is 5.97 Å². The highest BCUT2D eigenvalue weighted by atomic mass is 16.4. The molecular formula is C16H19NO3. The second-order valence-corrected chi connectivity index (χ2v) is 4.94. The van der Waals surface area contributed by atoms with E-state index in [0.29, 0.717) is 17.3 Å². The maximum absolute atomic E-state index is 12.4. The van der Waals surface area contributed by atoms with E-state index in [1.54, 1.807) is 30.3 Å². The fourth-order valence-corrected chi connectivity index (χ4v) is 2.39. The summed E-state index contributed by atoms with van der Waals surface area (Å²) in [5, 5.41) is 10.5. The SMILES string of the molecule is CCCCCCn1c(C(=O)O)cc2ccccc2c1=O. The molecule has 0 unspecified atom stereocenters. The minimum Gasteiger partial charge on any atom is -0.477 e. The molecule has 0 atom stereocenters. The van der Waals surface area contributed by atoms with E-state index in [2.05, 4.69) is 6.92 Å². The Morgan fingerprint density at radius 3 is 2.65 bits per heavy atom. The summed E-state index contributed by atoms with van der Waals surface area (Å²) in [5.41, 5.74) is -0.137. The van der Waals surface area contributed by atoms with Gasteiger partial charge in [0.05, 0.1) is 0 Å². The zero-order chi connectivity index (χ0) is 14.5. The van der Waals surface area contributed by atoms with Crippen LogP contribution in [0.1, 0.15) is 43.1 Å². The fourth-order valence-electron chi connectivity index (χ4n) is 2.39. The number of nitrogens with zero attached hydrogens (tertiary/aromatic N) is 1. The predicted molar refractivity (Wildman–Crippen MR) is 79.3 cm³/mol. The summed E-state index contributed by atoms with van der Waals surface area (Å²) in [6.45, 7) is 2.58. The van der Waals surface area contributed by atoms with Gasteiger partial charge in [0.25, 0.3) is 5.56 Å². The Kier molecular flexibility index (Phi) is 4.56. The minimum absolute atomic E-state index is 0.0743. The monoisotopic (exact) mass is 273 g/mol. The van der Waals surface area contributed by atoms with Crippen molar-refractivity contribution in [1.29, 1.82) is 0 Å².